The van der Waals surface area contributed by atoms with Crippen LogP contribution in [0.2, 0.25) is 0 Å². The summed E-state index contributed by atoms with van der Waals surface area (Å²) in [6.07, 6.45) is 7.42. The Morgan fingerprint density at radius 3 is 2.61 bits per heavy atom. The van der Waals surface area contributed by atoms with E-state index in [0.717, 1.165) is 0 Å². The van der Waals surface area contributed by atoms with Gasteiger partial charge in [0, 0.05) is 17.9 Å². The fraction of sp³-hybridized carbons (Fsp3) is 0.476. The number of hydrogen-bond donors (Lipinski definition) is 0. The zero-order valence-corrected chi connectivity index (χ0v) is 14.3. The molecule has 0 N–H and O–H groups in total. The molecule has 1 aromatic carbocycles. The summed E-state index contributed by atoms with van der Waals surface area (Å²) in [6.45, 7) is 6.87. The fourth-order valence-electron chi connectivity index (χ4n) is 4.63. The minimum absolute atomic E-state index is 0.000101. The lowest BCUT2D eigenvalue weighted by atomic mass is 9.70. The lowest BCUT2D eigenvalue weighted by Crippen LogP contribution is -2.25. The van der Waals surface area contributed by atoms with Crippen LogP contribution in [0.15, 0.2) is 42.5 Å². The predicted octanol–water partition coefficient (Wildman–Crippen LogP) is 4.76. The van der Waals surface area contributed by atoms with E-state index in [1.165, 1.54) is 30.7 Å². The smallest absolute Gasteiger partial charge is 0.330 e. The minimum atomic E-state index is -0.237. The van der Waals surface area contributed by atoms with Gasteiger partial charge in [-0.2, -0.15) is 0 Å². The van der Waals surface area contributed by atoms with Gasteiger partial charge >= 0.3 is 5.97 Å². The molecule has 2 heteroatoms. The minimum Gasteiger partial charge on any atom is -0.463 e. The van der Waals surface area contributed by atoms with E-state index < -0.39 is 0 Å². The highest BCUT2D eigenvalue weighted by molar-refractivity contribution is 5.82. The number of esters is 1. The van der Waals surface area contributed by atoms with E-state index in [-0.39, 0.29) is 11.4 Å². The van der Waals surface area contributed by atoms with Crippen molar-refractivity contribution in [1.29, 1.82) is 0 Å². The van der Waals surface area contributed by atoms with Crippen LogP contribution in [-0.2, 0) is 9.53 Å². The van der Waals surface area contributed by atoms with Gasteiger partial charge in [0.25, 0.3) is 0 Å². The summed E-state index contributed by atoms with van der Waals surface area (Å²) in [5.74, 6) is 3.90. The third-order valence-electron chi connectivity index (χ3n) is 5.45. The second-order valence-corrected chi connectivity index (χ2v) is 7.09. The standard InChI is InChI=1S/C21H26O2/c1-4-23-19(22)14-13-18-16-11-8-12-17(16)20(21(18,2)3)15-9-6-5-7-10-15/h5-7,9-10,13-14,16-17H,4,8,11-12H2,1-3H3/b14-13-. The van der Waals surface area contributed by atoms with Crippen LogP contribution in [0.3, 0.4) is 0 Å². The highest BCUT2D eigenvalue weighted by Crippen LogP contribution is 2.64. The first-order chi connectivity index (χ1) is 11.1. The van der Waals surface area contributed by atoms with Crippen molar-refractivity contribution in [1.82, 2.24) is 0 Å². The average Bonchev–Trinajstić information content (AvgIpc) is 3.04. The Morgan fingerprint density at radius 2 is 1.91 bits per heavy atom. The second-order valence-electron chi connectivity index (χ2n) is 7.09. The molecule has 2 saturated carbocycles. The molecule has 2 unspecified atom stereocenters. The van der Waals surface area contributed by atoms with Gasteiger partial charge in [-0.05, 0) is 42.6 Å². The summed E-state index contributed by atoms with van der Waals surface area (Å²) in [4.78, 5) is 11.7. The highest BCUT2D eigenvalue weighted by atomic mass is 16.5. The molecule has 23 heavy (non-hydrogen) atoms. The SMILES string of the molecule is CCOC(=O)/C=C\[C]1C2CCCC2[C](c2ccccc2)C1(C)C. The summed E-state index contributed by atoms with van der Waals surface area (Å²) >= 11 is 0. The molecule has 2 aliphatic rings. The van der Waals surface area contributed by atoms with Crippen molar-refractivity contribution in [2.75, 3.05) is 6.61 Å². The summed E-state index contributed by atoms with van der Waals surface area (Å²) in [6, 6.07) is 10.8. The molecule has 0 heterocycles. The van der Waals surface area contributed by atoms with E-state index in [0.29, 0.717) is 18.4 Å². The number of hydrogen-bond acceptors (Lipinski definition) is 2. The molecule has 2 nitrogen and oxygen atoms in total. The van der Waals surface area contributed by atoms with E-state index in [9.17, 15) is 4.79 Å². The van der Waals surface area contributed by atoms with Gasteiger partial charge in [-0.3, -0.25) is 0 Å². The van der Waals surface area contributed by atoms with E-state index >= 15 is 0 Å². The average molecular weight is 310 g/mol. The monoisotopic (exact) mass is 310 g/mol. The third-order valence-corrected chi connectivity index (χ3v) is 5.45. The van der Waals surface area contributed by atoms with Gasteiger partial charge in [-0.25, -0.2) is 4.79 Å². The lowest BCUT2D eigenvalue weighted by Gasteiger charge is -2.33. The molecular formula is C21H26O2. The van der Waals surface area contributed by atoms with Crippen LogP contribution in [-0.4, -0.2) is 12.6 Å². The number of fused-ring (bicyclic) bond motifs is 1. The second kappa shape index (κ2) is 6.51. The van der Waals surface area contributed by atoms with Gasteiger partial charge in [-0.15, -0.1) is 0 Å². The van der Waals surface area contributed by atoms with Crippen molar-refractivity contribution in [2.45, 2.75) is 40.0 Å². The number of rotatable bonds is 4. The molecule has 1 aromatic rings. The van der Waals surface area contributed by atoms with Crippen molar-refractivity contribution in [2.24, 2.45) is 17.3 Å². The maximum absolute atomic E-state index is 11.7. The molecule has 0 spiro atoms. The Balaban J connectivity index is 1.90. The molecule has 0 bridgehead atoms. The Hall–Kier alpha value is -1.57. The van der Waals surface area contributed by atoms with Crippen LogP contribution in [0.5, 0.6) is 0 Å². The van der Waals surface area contributed by atoms with E-state index in [2.05, 4.69) is 44.2 Å². The van der Waals surface area contributed by atoms with Crippen LogP contribution in [0.1, 0.15) is 45.6 Å². The van der Waals surface area contributed by atoms with Gasteiger partial charge in [0.2, 0.25) is 0 Å². The van der Waals surface area contributed by atoms with Gasteiger partial charge < -0.3 is 4.74 Å². The Morgan fingerprint density at radius 1 is 1.22 bits per heavy atom. The molecule has 2 aliphatic carbocycles. The molecular weight excluding hydrogens is 284 g/mol. The third kappa shape index (κ3) is 2.96. The first kappa shape index (κ1) is 16.3. The van der Waals surface area contributed by atoms with Gasteiger partial charge in [0.05, 0.1) is 6.61 Å². The summed E-state index contributed by atoms with van der Waals surface area (Å²) < 4.78 is 5.05. The number of carbonyl (C=O) groups excluding carboxylic acids is 1. The Bertz CT molecular complexity index is 573. The molecule has 3 rings (SSSR count). The molecule has 2 radical (unpaired) electrons. The molecule has 0 amide bonds. The normalized spacial score (nSPS) is 27.4. The van der Waals surface area contributed by atoms with E-state index in [1.54, 1.807) is 12.0 Å². The molecule has 2 atom stereocenters. The quantitative estimate of drug-likeness (QED) is 0.592. The van der Waals surface area contributed by atoms with Crippen molar-refractivity contribution >= 4 is 5.97 Å². The molecule has 122 valence electrons. The number of benzene rings is 1. The van der Waals surface area contributed by atoms with Gasteiger partial charge in [0.1, 0.15) is 0 Å². The number of ether oxygens (including phenoxy) is 1. The number of carbonyl (C=O) groups is 1. The van der Waals surface area contributed by atoms with Crippen molar-refractivity contribution in [3.8, 4) is 0 Å². The highest BCUT2D eigenvalue weighted by Gasteiger charge is 2.56. The van der Waals surface area contributed by atoms with Crippen LogP contribution >= 0.6 is 0 Å². The summed E-state index contributed by atoms with van der Waals surface area (Å²) in [5.41, 5.74) is 1.36. The lowest BCUT2D eigenvalue weighted by molar-refractivity contribution is -0.137. The van der Waals surface area contributed by atoms with Crippen molar-refractivity contribution in [3.05, 3.63) is 59.9 Å². The molecule has 0 aromatic heterocycles. The van der Waals surface area contributed by atoms with E-state index in [4.69, 9.17) is 4.74 Å². The topological polar surface area (TPSA) is 26.3 Å². The van der Waals surface area contributed by atoms with Crippen LogP contribution in [0.4, 0.5) is 0 Å². The van der Waals surface area contributed by atoms with Crippen LogP contribution in [0, 0.1) is 29.1 Å². The first-order valence-electron chi connectivity index (χ1n) is 8.70. The zero-order valence-electron chi connectivity index (χ0n) is 14.3. The zero-order chi connectivity index (χ0) is 16.4. The summed E-state index contributed by atoms with van der Waals surface area (Å²) in [5, 5.41) is 0. The van der Waals surface area contributed by atoms with E-state index in [1.807, 2.05) is 13.0 Å². The maximum atomic E-state index is 11.7. The fourth-order valence-corrected chi connectivity index (χ4v) is 4.63. The molecule has 0 aliphatic heterocycles. The maximum Gasteiger partial charge on any atom is 0.330 e. The van der Waals surface area contributed by atoms with Gasteiger partial charge in [-0.1, -0.05) is 56.7 Å². The predicted molar refractivity (Wildman–Crippen MR) is 92.4 cm³/mol. The van der Waals surface area contributed by atoms with Gasteiger partial charge in [0.15, 0.2) is 0 Å². The van der Waals surface area contributed by atoms with Crippen LogP contribution in [0.25, 0.3) is 0 Å². The van der Waals surface area contributed by atoms with Crippen LogP contribution < -0.4 is 0 Å². The number of allylic oxidation sites excluding steroid dienone is 1. The van der Waals surface area contributed by atoms with Crippen molar-refractivity contribution in [3.63, 3.8) is 0 Å². The summed E-state index contributed by atoms with van der Waals surface area (Å²) in [7, 11) is 0. The Labute approximate surface area is 139 Å². The molecule has 0 saturated heterocycles. The largest absolute Gasteiger partial charge is 0.463 e. The Kier molecular flexibility index (Phi) is 4.61. The van der Waals surface area contributed by atoms with Crippen molar-refractivity contribution < 1.29 is 9.53 Å². The first-order valence-corrected chi connectivity index (χ1v) is 8.70. The molecule has 2 fully saturated rings.